The third-order valence-corrected chi connectivity index (χ3v) is 7.22. The second-order valence-electron chi connectivity index (χ2n) is 9.45. The molecule has 3 aromatic carbocycles. The molecule has 2 N–H and O–H groups in total. The van der Waals surface area contributed by atoms with Crippen molar-refractivity contribution in [3.8, 4) is 11.5 Å². The summed E-state index contributed by atoms with van der Waals surface area (Å²) in [6.07, 6.45) is 0.315. The van der Waals surface area contributed by atoms with Crippen LogP contribution in [0.1, 0.15) is 16.7 Å². The van der Waals surface area contributed by atoms with E-state index in [9.17, 15) is 9.59 Å². The van der Waals surface area contributed by atoms with E-state index in [2.05, 4.69) is 20.5 Å². The monoisotopic (exact) mass is 547 g/mol. The number of amides is 3. The number of anilines is 2. The summed E-state index contributed by atoms with van der Waals surface area (Å²) in [6, 6.07) is 17.0. The first-order valence-corrected chi connectivity index (χ1v) is 13.0. The molecular formula is C29H30ClN5O4. The van der Waals surface area contributed by atoms with Gasteiger partial charge in [-0.25, -0.2) is 4.79 Å². The Kier molecular flexibility index (Phi) is 7.60. The number of fused-ring (bicyclic) bond motifs is 1. The van der Waals surface area contributed by atoms with Crippen molar-refractivity contribution in [3.63, 3.8) is 0 Å². The van der Waals surface area contributed by atoms with Crippen LogP contribution in [-0.2, 0) is 17.8 Å². The number of methoxy groups -OCH3 is 2. The highest BCUT2D eigenvalue weighted by molar-refractivity contribution is 6.30. The molecule has 202 valence electrons. The Balaban J connectivity index is 1.40. The molecule has 2 aliphatic heterocycles. The first kappa shape index (κ1) is 26.4. The number of halogens is 1. The van der Waals surface area contributed by atoms with Gasteiger partial charge >= 0.3 is 6.03 Å². The highest BCUT2D eigenvalue weighted by Crippen LogP contribution is 2.35. The van der Waals surface area contributed by atoms with E-state index in [-0.39, 0.29) is 12.5 Å². The summed E-state index contributed by atoms with van der Waals surface area (Å²) >= 11 is 5.99. The van der Waals surface area contributed by atoms with E-state index < -0.39 is 12.1 Å². The Morgan fingerprint density at radius 2 is 1.54 bits per heavy atom. The van der Waals surface area contributed by atoms with Crippen molar-refractivity contribution in [1.82, 2.24) is 9.80 Å². The molecule has 10 heteroatoms. The number of carbonyl (C=O) groups is 2. The molecule has 0 spiro atoms. The smallest absolute Gasteiger partial charge is 0.322 e. The average Bonchev–Trinajstić information content (AvgIpc) is 3.38. The fourth-order valence-electron chi connectivity index (χ4n) is 4.86. The van der Waals surface area contributed by atoms with Crippen LogP contribution in [0, 0.1) is 0 Å². The van der Waals surface area contributed by atoms with E-state index in [0.717, 1.165) is 35.6 Å². The van der Waals surface area contributed by atoms with Crippen LogP contribution in [0.15, 0.2) is 65.7 Å². The molecule has 0 aliphatic carbocycles. The van der Waals surface area contributed by atoms with E-state index in [1.807, 2.05) is 43.4 Å². The average molecular weight is 548 g/mol. The molecule has 0 bridgehead atoms. The maximum absolute atomic E-state index is 13.6. The number of carbonyl (C=O) groups excluding carboxylic acids is 2. The van der Waals surface area contributed by atoms with Gasteiger partial charge < -0.3 is 29.9 Å². The molecule has 1 atom stereocenters. The van der Waals surface area contributed by atoms with Crippen LogP contribution in [0.4, 0.5) is 16.2 Å². The number of ether oxygens (including phenoxy) is 2. The molecule has 9 nitrogen and oxygen atoms in total. The minimum absolute atomic E-state index is 0.221. The van der Waals surface area contributed by atoms with Crippen LogP contribution < -0.4 is 20.1 Å². The molecule has 0 radical (unpaired) electrons. The third kappa shape index (κ3) is 5.63. The summed E-state index contributed by atoms with van der Waals surface area (Å²) < 4.78 is 10.9. The van der Waals surface area contributed by atoms with Crippen molar-refractivity contribution in [1.29, 1.82) is 0 Å². The Morgan fingerprint density at radius 3 is 2.15 bits per heavy atom. The van der Waals surface area contributed by atoms with Gasteiger partial charge in [0.15, 0.2) is 11.5 Å². The molecule has 3 aromatic rings. The zero-order valence-corrected chi connectivity index (χ0v) is 22.8. The second kappa shape index (κ2) is 11.2. The molecule has 5 rings (SSSR count). The van der Waals surface area contributed by atoms with Gasteiger partial charge in [0, 0.05) is 48.5 Å². The number of hydrogen-bond donors (Lipinski definition) is 2. The molecule has 0 saturated carbocycles. The lowest BCUT2D eigenvalue weighted by Crippen LogP contribution is -2.52. The zero-order valence-electron chi connectivity index (χ0n) is 22.0. The molecule has 0 unspecified atom stereocenters. The molecule has 3 amide bonds. The number of likely N-dealkylation sites (N-methyl/N-ethyl adjacent to an activating group) is 1. The maximum atomic E-state index is 13.6. The topological polar surface area (TPSA) is 95.5 Å². The summed E-state index contributed by atoms with van der Waals surface area (Å²) in [7, 11) is 5.15. The van der Waals surface area contributed by atoms with Gasteiger partial charge in [-0.05, 0) is 71.8 Å². The Morgan fingerprint density at radius 1 is 0.923 bits per heavy atom. The molecule has 2 heterocycles. The van der Waals surface area contributed by atoms with Crippen molar-refractivity contribution in [2.45, 2.75) is 19.0 Å². The van der Waals surface area contributed by atoms with E-state index in [4.69, 9.17) is 21.1 Å². The summed E-state index contributed by atoms with van der Waals surface area (Å²) in [4.78, 5) is 35.3. The maximum Gasteiger partial charge on any atom is 0.322 e. The summed E-state index contributed by atoms with van der Waals surface area (Å²) in [6.45, 7) is 1.89. The van der Waals surface area contributed by atoms with Gasteiger partial charge in [0.1, 0.15) is 11.9 Å². The van der Waals surface area contributed by atoms with Gasteiger partial charge in [0.2, 0.25) is 5.91 Å². The van der Waals surface area contributed by atoms with Crippen molar-refractivity contribution < 1.29 is 19.1 Å². The Hall–Kier alpha value is -4.24. The minimum Gasteiger partial charge on any atom is -0.493 e. The number of amidine groups is 1. The van der Waals surface area contributed by atoms with Gasteiger partial charge in [0.05, 0.1) is 20.8 Å². The van der Waals surface area contributed by atoms with Crippen LogP contribution >= 0.6 is 11.6 Å². The van der Waals surface area contributed by atoms with Crippen LogP contribution in [-0.4, -0.2) is 68.0 Å². The predicted molar refractivity (Wildman–Crippen MR) is 152 cm³/mol. The summed E-state index contributed by atoms with van der Waals surface area (Å²) in [5.74, 6) is 1.79. The summed E-state index contributed by atoms with van der Waals surface area (Å²) in [5, 5.41) is 6.44. The van der Waals surface area contributed by atoms with Crippen molar-refractivity contribution >= 4 is 40.7 Å². The Bertz CT molecular complexity index is 1410. The standard InChI is InChI=1S/C29H30ClN5O4/c1-34-13-12-31-27(34)18-4-8-22(9-5-18)32-28(36)24-14-19-15-25(38-2)26(39-3)16-20(19)17-35(24)29(37)33-23-10-6-21(30)7-11-23/h4-11,15-16,24H,12-14,17H2,1-3H3,(H,32,36)(H,33,37)/t24-/m0/s1. The van der Waals surface area contributed by atoms with E-state index in [0.29, 0.717) is 34.3 Å². The molecule has 2 aliphatic rings. The van der Waals surface area contributed by atoms with Crippen LogP contribution in [0.5, 0.6) is 11.5 Å². The van der Waals surface area contributed by atoms with Gasteiger partial charge in [-0.3, -0.25) is 9.79 Å². The lowest BCUT2D eigenvalue weighted by Gasteiger charge is -2.36. The molecule has 0 fully saturated rings. The fourth-order valence-corrected chi connectivity index (χ4v) is 4.99. The lowest BCUT2D eigenvalue weighted by atomic mass is 9.93. The van der Waals surface area contributed by atoms with Gasteiger partial charge in [-0.2, -0.15) is 0 Å². The third-order valence-electron chi connectivity index (χ3n) is 6.96. The van der Waals surface area contributed by atoms with Crippen molar-refractivity contribution in [3.05, 3.63) is 82.4 Å². The normalized spacial score (nSPS) is 16.3. The molecule has 0 saturated heterocycles. The van der Waals surface area contributed by atoms with E-state index in [1.54, 1.807) is 38.5 Å². The van der Waals surface area contributed by atoms with Gasteiger partial charge in [-0.1, -0.05) is 11.6 Å². The van der Waals surface area contributed by atoms with Crippen LogP contribution in [0.2, 0.25) is 5.02 Å². The molecular weight excluding hydrogens is 518 g/mol. The number of rotatable bonds is 6. The van der Waals surface area contributed by atoms with Crippen molar-refractivity contribution in [2.24, 2.45) is 4.99 Å². The predicted octanol–water partition coefficient (Wildman–Crippen LogP) is 4.65. The number of nitrogens with zero attached hydrogens (tertiary/aromatic N) is 3. The van der Waals surface area contributed by atoms with Gasteiger partial charge in [-0.15, -0.1) is 0 Å². The number of benzene rings is 3. The minimum atomic E-state index is -0.757. The number of urea groups is 1. The lowest BCUT2D eigenvalue weighted by molar-refractivity contribution is -0.120. The first-order valence-electron chi connectivity index (χ1n) is 12.6. The largest absolute Gasteiger partial charge is 0.493 e. The fraction of sp³-hybridized carbons (Fsp3) is 0.276. The quantitative estimate of drug-likeness (QED) is 0.468. The van der Waals surface area contributed by atoms with Crippen molar-refractivity contribution in [2.75, 3.05) is 45.0 Å². The number of hydrogen-bond acceptors (Lipinski definition) is 6. The van der Waals surface area contributed by atoms with Crippen LogP contribution in [0.25, 0.3) is 0 Å². The highest BCUT2D eigenvalue weighted by Gasteiger charge is 2.36. The van der Waals surface area contributed by atoms with E-state index >= 15 is 0 Å². The number of nitrogens with one attached hydrogen (secondary N) is 2. The zero-order chi connectivity index (χ0) is 27.5. The molecule has 0 aromatic heterocycles. The van der Waals surface area contributed by atoms with E-state index in [1.165, 1.54) is 4.90 Å². The number of aliphatic imine (C=N–C) groups is 1. The summed E-state index contributed by atoms with van der Waals surface area (Å²) in [5.41, 5.74) is 4.01. The van der Waals surface area contributed by atoms with Gasteiger partial charge in [0.25, 0.3) is 0 Å². The SMILES string of the molecule is COc1cc2c(cc1OC)CN(C(=O)Nc1ccc(Cl)cc1)[C@H](C(=O)Nc1ccc(C3=NCCN3C)cc1)C2. The highest BCUT2D eigenvalue weighted by atomic mass is 35.5. The molecule has 39 heavy (non-hydrogen) atoms. The second-order valence-corrected chi connectivity index (χ2v) is 9.89. The Labute approximate surface area is 232 Å². The van der Waals surface area contributed by atoms with Crippen LogP contribution in [0.3, 0.4) is 0 Å². The first-order chi connectivity index (χ1) is 18.9.